The Morgan fingerprint density at radius 1 is 1.19 bits per heavy atom. The second-order valence-electron chi connectivity index (χ2n) is 4.58. The van der Waals surface area contributed by atoms with Gasteiger partial charge in [0.1, 0.15) is 5.75 Å². The summed E-state index contributed by atoms with van der Waals surface area (Å²) < 4.78 is 0. The number of phenolic OH excluding ortho intramolecular Hbond substituents is 1. The third kappa shape index (κ3) is 4.65. The SMILES string of the molecule is CN(CC(=O)NN=Cc1ccc(O)cc1)c1ccccc1. The highest BCUT2D eigenvalue weighted by Crippen LogP contribution is 2.10. The Morgan fingerprint density at radius 2 is 1.86 bits per heavy atom. The van der Waals surface area contributed by atoms with Gasteiger partial charge in [-0.25, -0.2) is 5.43 Å². The molecule has 0 aromatic heterocycles. The van der Waals surface area contributed by atoms with E-state index < -0.39 is 0 Å². The molecule has 0 aliphatic rings. The summed E-state index contributed by atoms with van der Waals surface area (Å²) >= 11 is 0. The number of para-hydroxylation sites is 1. The Hall–Kier alpha value is -2.82. The number of amides is 1. The Morgan fingerprint density at radius 3 is 2.52 bits per heavy atom. The maximum Gasteiger partial charge on any atom is 0.259 e. The molecule has 21 heavy (non-hydrogen) atoms. The van der Waals surface area contributed by atoms with Crippen molar-refractivity contribution in [1.29, 1.82) is 0 Å². The first kappa shape index (κ1) is 14.6. The van der Waals surface area contributed by atoms with Crippen molar-refractivity contribution < 1.29 is 9.90 Å². The topological polar surface area (TPSA) is 64.9 Å². The monoisotopic (exact) mass is 283 g/mol. The van der Waals surface area contributed by atoms with E-state index in [4.69, 9.17) is 5.11 Å². The maximum atomic E-state index is 11.8. The minimum atomic E-state index is -0.198. The Bertz CT molecular complexity index is 609. The van der Waals surface area contributed by atoms with Gasteiger partial charge in [-0.3, -0.25) is 4.79 Å². The lowest BCUT2D eigenvalue weighted by Gasteiger charge is -2.17. The Kier molecular flexibility index (Phi) is 4.93. The van der Waals surface area contributed by atoms with Gasteiger partial charge in [-0.15, -0.1) is 0 Å². The molecular weight excluding hydrogens is 266 g/mol. The molecule has 2 N–H and O–H groups in total. The van der Waals surface area contributed by atoms with Crippen LogP contribution in [0.25, 0.3) is 0 Å². The van der Waals surface area contributed by atoms with Gasteiger partial charge in [0, 0.05) is 12.7 Å². The summed E-state index contributed by atoms with van der Waals surface area (Å²) in [7, 11) is 1.85. The molecule has 0 fully saturated rings. The van der Waals surface area contributed by atoms with Crippen LogP contribution >= 0.6 is 0 Å². The van der Waals surface area contributed by atoms with Crippen LogP contribution in [0.2, 0.25) is 0 Å². The van der Waals surface area contributed by atoms with E-state index >= 15 is 0 Å². The van der Waals surface area contributed by atoms with Crippen molar-refractivity contribution in [3.05, 3.63) is 60.2 Å². The number of nitrogens with zero attached hydrogens (tertiary/aromatic N) is 2. The standard InChI is InChI=1S/C16H17N3O2/c1-19(14-5-3-2-4-6-14)12-16(21)18-17-11-13-7-9-15(20)10-8-13/h2-11,20H,12H2,1H3,(H,18,21). The van der Waals surface area contributed by atoms with E-state index in [0.717, 1.165) is 11.3 Å². The van der Waals surface area contributed by atoms with Gasteiger partial charge >= 0.3 is 0 Å². The molecule has 0 saturated carbocycles. The number of hydrazone groups is 1. The molecule has 1 amide bonds. The van der Waals surface area contributed by atoms with Crippen LogP contribution in [0.4, 0.5) is 5.69 Å². The number of rotatable bonds is 5. The molecule has 0 atom stereocenters. The van der Waals surface area contributed by atoms with Gasteiger partial charge in [-0.05, 0) is 42.0 Å². The normalized spacial score (nSPS) is 10.5. The minimum absolute atomic E-state index is 0.195. The largest absolute Gasteiger partial charge is 0.508 e. The van der Waals surface area contributed by atoms with Crippen molar-refractivity contribution in [3.8, 4) is 5.75 Å². The van der Waals surface area contributed by atoms with Crippen molar-refractivity contribution in [2.24, 2.45) is 5.10 Å². The predicted octanol–water partition coefficient (Wildman–Crippen LogP) is 1.98. The quantitative estimate of drug-likeness (QED) is 0.651. The van der Waals surface area contributed by atoms with Crippen molar-refractivity contribution in [2.45, 2.75) is 0 Å². The fourth-order valence-corrected chi connectivity index (χ4v) is 1.76. The first-order valence-electron chi connectivity index (χ1n) is 6.52. The number of hydrogen-bond donors (Lipinski definition) is 2. The second kappa shape index (κ2) is 7.09. The highest BCUT2D eigenvalue weighted by atomic mass is 16.3. The fourth-order valence-electron chi connectivity index (χ4n) is 1.76. The van der Waals surface area contributed by atoms with Gasteiger partial charge in [-0.2, -0.15) is 5.10 Å². The van der Waals surface area contributed by atoms with Crippen LogP contribution in [0.1, 0.15) is 5.56 Å². The van der Waals surface area contributed by atoms with Crippen LogP contribution in [0.5, 0.6) is 5.75 Å². The molecule has 0 bridgehead atoms. The van der Waals surface area contributed by atoms with E-state index in [-0.39, 0.29) is 18.2 Å². The van der Waals surface area contributed by atoms with E-state index in [1.807, 2.05) is 42.3 Å². The summed E-state index contributed by atoms with van der Waals surface area (Å²) in [5, 5.41) is 13.0. The summed E-state index contributed by atoms with van der Waals surface area (Å²) in [6.45, 7) is 0.219. The number of carbonyl (C=O) groups is 1. The van der Waals surface area contributed by atoms with Crippen LogP contribution in [0.3, 0.4) is 0 Å². The first-order chi connectivity index (χ1) is 10.1. The molecule has 0 radical (unpaired) electrons. The molecule has 2 aromatic rings. The zero-order chi connectivity index (χ0) is 15.1. The number of carbonyl (C=O) groups excluding carboxylic acids is 1. The molecule has 5 heteroatoms. The molecule has 0 saturated heterocycles. The summed E-state index contributed by atoms with van der Waals surface area (Å²) in [6.07, 6.45) is 1.53. The molecule has 0 aliphatic carbocycles. The zero-order valence-corrected chi connectivity index (χ0v) is 11.7. The molecule has 0 aliphatic heterocycles. The summed E-state index contributed by atoms with van der Waals surface area (Å²) in [5.41, 5.74) is 4.24. The second-order valence-corrected chi connectivity index (χ2v) is 4.58. The summed E-state index contributed by atoms with van der Waals surface area (Å²) in [6, 6.07) is 16.2. The molecule has 0 unspecified atom stereocenters. The molecule has 2 aromatic carbocycles. The third-order valence-electron chi connectivity index (χ3n) is 2.87. The van der Waals surface area contributed by atoms with E-state index in [1.54, 1.807) is 24.3 Å². The number of anilines is 1. The van der Waals surface area contributed by atoms with Crippen molar-refractivity contribution >= 4 is 17.8 Å². The fraction of sp³-hybridized carbons (Fsp3) is 0.125. The van der Waals surface area contributed by atoms with E-state index in [0.29, 0.717) is 0 Å². The van der Waals surface area contributed by atoms with Crippen LogP contribution in [0, 0.1) is 0 Å². The number of phenols is 1. The van der Waals surface area contributed by atoms with Crippen LogP contribution in [0.15, 0.2) is 59.7 Å². The number of benzene rings is 2. The average Bonchev–Trinajstić information content (AvgIpc) is 2.50. The Labute approximate surface area is 123 Å². The number of aromatic hydroxyl groups is 1. The highest BCUT2D eigenvalue weighted by molar-refractivity contribution is 5.84. The number of nitrogens with one attached hydrogen (secondary N) is 1. The highest BCUT2D eigenvalue weighted by Gasteiger charge is 2.05. The van der Waals surface area contributed by atoms with Crippen LogP contribution < -0.4 is 10.3 Å². The van der Waals surface area contributed by atoms with Gasteiger partial charge in [-0.1, -0.05) is 18.2 Å². The lowest BCUT2D eigenvalue weighted by atomic mass is 10.2. The van der Waals surface area contributed by atoms with E-state index in [1.165, 1.54) is 6.21 Å². The van der Waals surface area contributed by atoms with Gasteiger partial charge in [0.15, 0.2) is 0 Å². The minimum Gasteiger partial charge on any atom is -0.508 e. The van der Waals surface area contributed by atoms with E-state index in [2.05, 4.69) is 10.5 Å². The van der Waals surface area contributed by atoms with Gasteiger partial charge < -0.3 is 10.0 Å². The predicted molar refractivity (Wildman–Crippen MR) is 83.6 cm³/mol. The summed E-state index contributed by atoms with van der Waals surface area (Å²) in [5.74, 6) is -0.00273. The molecular formula is C16H17N3O2. The molecule has 0 heterocycles. The lowest BCUT2D eigenvalue weighted by molar-refractivity contribution is -0.119. The lowest BCUT2D eigenvalue weighted by Crippen LogP contribution is -2.32. The van der Waals surface area contributed by atoms with Crippen LogP contribution in [-0.2, 0) is 4.79 Å². The molecule has 2 rings (SSSR count). The maximum absolute atomic E-state index is 11.8. The molecule has 0 spiro atoms. The molecule has 5 nitrogen and oxygen atoms in total. The van der Waals surface area contributed by atoms with Crippen molar-refractivity contribution in [1.82, 2.24) is 5.43 Å². The smallest absolute Gasteiger partial charge is 0.259 e. The zero-order valence-electron chi connectivity index (χ0n) is 11.7. The average molecular weight is 283 g/mol. The van der Waals surface area contributed by atoms with Crippen molar-refractivity contribution in [3.63, 3.8) is 0 Å². The number of likely N-dealkylation sites (N-methyl/N-ethyl adjacent to an activating group) is 1. The number of hydrogen-bond acceptors (Lipinski definition) is 4. The van der Waals surface area contributed by atoms with Gasteiger partial charge in [0.05, 0.1) is 12.8 Å². The van der Waals surface area contributed by atoms with E-state index in [9.17, 15) is 4.79 Å². The van der Waals surface area contributed by atoms with Gasteiger partial charge in [0.25, 0.3) is 5.91 Å². The third-order valence-corrected chi connectivity index (χ3v) is 2.87. The first-order valence-corrected chi connectivity index (χ1v) is 6.52. The summed E-state index contributed by atoms with van der Waals surface area (Å²) in [4.78, 5) is 13.6. The molecule has 108 valence electrons. The van der Waals surface area contributed by atoms with Crippen molar-refractivity contribution in [2.75, 3.05) is 18.5 Å². The Balaban J connectivity index is 1.83. The van der Waals surface area contributed by atoms with Gasteiger partial charge in [0.2, 0.25) is 0 Å². The van der Waals surface area contributed by atoms with Crippen LogP contribution in [-0.4, -0.2) is 30.8 Å².